The summed E-state index contributed by atoms with van der Waals surface area (Å²) in [7, 11) is 1.32. The maximum absolute atomic E-state index is 13.3. The van der Waals surface area contributed by atoms with E-state index in [0.717, 1.165) is 16.2 Å². The Morgan fingerprint density at radius 2 is 1.76 bits per heavy atom. The molecule has 6 heteroatoms. The van der Waals surface area contributed by atoms with Crippen molar-refractivity contribution in [2.75, 3.05) is 24.9 Å². The summed E-state index contributed by atoms with van der Waals surface area (Å²) in [5, 5.41) is 0. The number of thioether (sulfide) groups is 1. The zero-order valence-electron chi connectivity index (χ0n) is 16.9. The lowest BCUT2D eigenvalue weighted by Crippen LogP contribution is -2.24. The van der Waals surface area contributed by atoms with Gasteiger partial charge in [0.2, 0.25) is 0 Å². The quantitative estimate of drug-likeness (QED) is 0.394. The normalized spacial score (nSPS) is 15.2. The zero-order valence-corrected chi connectivity index (χ0v) is 17.7. The third-order valence-electron chi connectivity index (χ3n) is 4.62. The standard InChI is InChI=1S/C23H23NO4S/c1-5-28-18-10-8-17(9-11-18)24-15(2)21(23(26)27-3)20(22(24)25)14-16-6-12-19(29-4)13-7-16/h6-14H,5H2,1-4H3/b20-14-. The maximum Gasteiger partial charge on any atom is 0.340 e. The number of allylic oxidation sites excluding steroid dienone is 1. The van der Waals surface area contributed by atoms with Gasteiger partial charge < -0.3 is 9.47 Å². The first-order chi connectivity index (χ1) is 14.0. The molecule has 2 aromatic carbocycles. The molecule has 1 amide bonds. The van der Waals surface area contributed by atoms with E-state index in [2.05, 4.69) is 0 Å². The number of carbonyl (C=O) groups is 2. The van der Waals surface area contributed by atoms with Gasteiger partial charge in [0.1, 0.15) is 5.75 Å². The summed E-state index contributed by atoms with van der Waals surface area (Å²) in [5.74, 6) is -0.0698. The summed E-state index contributed by atoms with van der Waals surface area (Å²) >= 11 is 1.64. The summed E-state index contributed by atoms with van der Waals surface area (Å²) in [6.45, 7) is 4.23. The molecule has 0 aliphatic carbocycles. The van der Waals surface area contributed by atoms with Crippen molar-refractivity contribution in [3.05, 3.63) is 70.9 Å². The van der Waals surface area contributed by atoms with Gasteiger partial charge in [0.15, 0.2) is 0 Å². The van der Waals surface area contributed by atoms with Crippen LogP contribution in [0.3, 0.4) is 0 Å². The van der Waals surface area contributed by atoms with E-state index in [4.69, 9.17) is 9.47 Å². The number of anilines is 1. The van der Waals surface area contributed by atoms with Crippen molar-refractivity contribution in [3.8, 4) is 5.75 Å². The minimum Gasteiger partial charge on any atom is -0.494 e. The Kier molecular flexibility index (Phi) is 6.44. The van der Waals surface area contributed by atoms with Crippen LogP contribution < -0.4 is 9.64 Å². The van der Waals surface area contributed by atoms with E-state index >= 15 is 0 Å². The van der Waals surface area contributed by atoms with Crippen LogP contribution in [0.2, 0.25) is 0 Å². The molecule has 3 rings (SSSR count). The Morgan fingerprint density at radius 3 is 2.31 bits per heavy atom. The van der Waals surface area contributed by atoms with Crippen LogP contribution in [-0.4, -0.2) is 31.8 Å². The van der Waals surface area contributed by atoms with Crippen LogP contribution in [0.1, 0.15) is 19.4 Å². The molecule has 0 saturated heterocycles. The lowest BCUT2D eigenvalue weighted by Gasteiger charge is -2.18. The highest BCUT2D eigenvalue weighted by molar-refractivity contribution is 7.98. The minimum absolute atomic E-state index is 0.263. The molecule has 2 aromatic rings. The second-order valence-electron chi connectivity index (χ2n) is 6.35. The fourth-order valence-corrected chi connectivity index (χ4v) is 3.62. The third-order valence-corrected chi connectivity index (χ3v) is 5.37. The Labute approximate surface area is 175 Å². The van der Waals surface area contributed by atoms with E-state index in [1.54, 1.807) is 49.0 Å². The van der Waals surface area contributed by atoms with E-state index < -0.39 is 5.97 Å². The lowest BCUT2D eigenvalue weighted by molar-refractivity contribution is -0.136. The molecular weight excluding hydrogens is 386 g/mol. The van der Waals surface area contributed by atoms with Gasteiger partial charge in [-0.1, -0.05) is 12.1 Å². The van der Waals surface area contributed by atoms with E-state index in [0.29, 0.717) is 23.6 Å². The number of nitrogens with zero attached hydrogens (tertiary/aromatic N) is 1. The number of rotatable bonds is 6. The molecule has 150 valence electrons. The number of esters is 1. The molecule has 0 spiro atoms. The molecule has 0 fully saturated rings. The predicted molar refractivity (Wildman–Crippen MR) is 116 cm³/mol. The fourth-order valence-electron chi connectivity index (χ4n) is 3.22. The molecule has 0 radical (unpaired) electrons. The number of hydrogen-bond donors (Lipinski definition) is 0. The Morgan fingerprint density at radius 1 is 1.10 bits per heavy atom. The third kappa shape index (κ3) is 4.22. The molecule has 1 aliphatic heterocycles. The largest absolute Gasteiger partial charge is 0.494 e. The number of methoxy groups -OCH3 is 1. The average molecular weight is 410 g/mol. The van der Waals surface area contributed by atoms with Gasteiger partial charge in [0.25, 0.3) is 5.91 Å². The minimum atomic E-state index is -0.531. The van der Waals surface area contributed by atoms with Crippen LogP contribution in [0.4, 0.5) is 5.69 Å². The van der Waals surface area contributed by atoms with Gasteiger partial charge in [0, 0.05) is 16.3 Å². The molecule has 0 N–H and O–H groups in total. The van der Waals surface area contributed by atoms with Gasteiger partial charge in [0.05, 0.1) is 24.9 Å². The van der Waals surface area contributed by atoms with Crippen molar-refractivity contribution in [2.24, 2.45) is 0 Å². The van der Waals surface area contributed by atoms with Crippen LogP contribution in [0.25, 0.3) is 6.08 Å². The molecule has 5 nitrogen and oxygen atoms in total. The van der Waals surface area contributed by atoms with Crippen molar-refractivity contribution in [1.29, 1.82) is 0 Å². The monoisotopic (exact) mass is 409 g/mol. The van der Waals surface area contributed by atoms with Crippen LogP contribution >= 0.6 is 11.8 Å². The maximum atomic E-state index is 13.3. The highest BCUT2D eigenvalue weighted by Crippen LogP contribution is 2.36. The topological polar surface area (TPSA) is 55.8 Å². The van der Waals surface area contributed by atoms with E-state index in [1.807, 2.05) is 37.4 Å². The first-order valence-corrected chi connectivity index (χ1v) is 10.4. The fraction of sp³-hybridized carbons (Fsp3) is 0.217. The zero-order chi connectivity index (χ0) is 21.0. The summed E-state index contributed by atoms with van der Waals surface area (Å²) in [6.07, 6.45) is 3.74. The van der Waals surface area contributed by atoms with Gasteiger partial charge in [-0.15, -0.1) is 11.8 Å². The van der Waals surface area contributed by atoms with Gasteiger partial charge in [-0.3, -0.25) is 9.69 Å². The molecule has 0 unspecified atom stereocenters. The average Bonchev–Trinajstić information content (AvgIpc) is 2.98. The van der Waals surface area contributed by atoms with Crippen molar-refractivity contribution in [3.63, 3.8) is 0 Å². The van der Waals surface area contributed by atoms with Gasteiger partial charge in [-0.2, -0.15) is 0 Å². The molecule has 0 aromatic heterocycles. The molecule has 0 atom stereocenters. The second kappa shape index (κ2) is 9.01. The lowest BCUT2D eigenvalue weighted by atomic mass is 10.0. The summed E-state index contributed by atoms with van der Waals surface area (Å²) in [5.41, 5.74) is 2.64. The second-order valence-corrected chi connectivity index (χ2v) is 7.23. The number of benzene rings is 2. The highest BCUT2D eigenvalue weighted by atomic mass is 32.2. The first kappa shape index (κ1) is 20.7. The smallest absolute Gasteiger partial charge is 0.340 e. The van der Waals surface area contributed by atoms with Crippen LogP contribution in [-0.2, 0) is 14.3 Å². The number of carbonyl (C=O) groups excluding carboxylic acids is 2. The van der Waals surface area contributed by atoms with E-state index in [9.17, 15) is 9.59 Å². The Balaban J connectivity index is 2.03. The van der Waals surface area contributed by atoms with Crippen LogP contribution in [0, 0.1) is 0 Å². The molecular formula is C23H23NO4S. The summed E-state index contributed by atoms with van der Waals surface area (Å²) < 4.78 is 10.4. The van der Waals surface area contributed by atoms with Crippen LogP contribution in [0.5, 0.6) is 5.75 Å². The van der Waals surface area contributed by atoms with E-state index in [-0.39, 0.29) is 11.5 Å². The van der Waals surface area contributed by atoms with E-state index in [1.165, 1.54) is 12.0 Å². The first-order valence-electron chi connectivity index (χ1n) is 9.22. The summed E-state index contributed by atoms with van der Waals surface area (Å²) in [4.78, 5) is 28.4. The van der Waals surface area contributed by atoms with Gasteiger partial charge >= 0.3 is 5.97 Å². The number of amides is 1. The van der Waals surface area contributed by atoms with Crippen LogP contribution in [0.15, 0.2) is 70.3 Å². The summed E-state index contributed by atoms with van der Waals surface area (Å²) in [6, 6.07) is 15.0. The SMILES string of the molecule is CCOc1ccc(N2C(=O)/C(=C\c3ccc(SC)cc3)C(C(=O)OC)=C2C)cc1. The Bertz CT molecular complexity index is 975. The van der Waals surface area contributed by atoms with Crippen molar-refractivity contribution < 1.29 is 19.1 Å². The van der Waals surface area contributed by atoms with Crippen molar-refractivity contribution in [2.45, 2.75) is 18.7 Å². The van der Waals surface area contributed by atoms with Crippen molar-refractivity contribution in [1.82, 2.24) is 0 Å². The molecule has 29 heavy (non-hydrogen) atoms. The number of hydrogen-bond acceptors (Lipinski definition) is 5. The van der Waals surface area contributed by atoms with Crippen molar-refractivity contribution >= 4 is 35.4 Å². The Hall–Kier alpha value is -2.99. The molecule has 0 saturated carbocycles. The predicted octanol–water partition coefficient (Wildman–Crippen LogP) is 4.68. The highest BCUT2D eigenvalue weighted by Gasteiger charge is 2.37. The molecule has 1 aliphatic rings. The molecule has 0 bridgehead atoms. The van der Waals surface area contributed by atoms with Gasteiger partial charge in [-0.25, -0.2) is 4.79 Å². The number of ether oxygens (including phenoxy) is 2. The molecule has 1 heterocycles. The van der Waals surface area contributed by atoms with Gasteiger partial charge in [-0.05, 0) is 68.1 Å².